The molecule has 0 aliphatic heterocycles. The smallest absolute Gasteiger partial charge is 0.224 e. The van der Waals surface area contributed by atoms with Crippen molar-refractivity contribution in [1.29, 1.82) is 0 Å². The van der Waals surface area contributed by atoms with Crippen molar-refractivity contribution in [2.24, 2.45) is 11.7 Å². The summed E-state index contributed by atoms with van der Waals surface area (Å²) in [5.74, 6) is 1.35. The maximum absolute atomic E-state index is 12.0. The number of benzene rings is 1. The fourth-order valence-electron chi connectivity index (χ4n) is 1.99. The first kappa shape index (κ1) is 21.7. The molecule has 0 bridgehead atoms. The molecule has 4 nitrogen and oxygen atoms in total. The first-order valence-corrected chi connectivity index (χ1v) is 8.16. The van der Waals surface area contributed by atoms with Crippen LogP contribution in [0.15, 0.2) is 24.3 Å². The third-order valence-electron chi connectivity index (χ3n) is 3.92. The molecular weight excluding hydrogens is 312 g/mol. The number of nitrogens with two attached hydrogens (primary N) is 1. The number of ether oxygens (including phenoxy) is 1. The standard InChI is InChI=1S/C18H30N2O2.ClH/c1-5-18(19,6-2)13-20-17(21)11-15-7-9-16(10-8-15)22-12-14(3)4;/h7-10,14H,5-6,11-13,19H2,1-4H3,(H,20,21);1H. The van der Waals surface area contributed by atoms with Gasteiger partial charge in [0.25, 0.3) is 0 Å². The summed E-state index contributed by atoms with van der Waals surface area (Å²) < 4.78 is 5.63. The number of amides is 1. The van der Waals surface area contributed by atoms with Gasteiger partial charge in [-0.1, -0.05) is 39.8 Å². The average molecular weight is 343 g/mol. The fourth-order valence-corrected chi connectivity index (χ4v) is 1.99. The van der Waals surface area contributed by atoms with Crippen LogP contribution in [0.4, 0.5) is 0 Å². The Morgan fingerprint density at radius 3 is 2.26 bits per heavy atom. The predicted octanol–water partition coefficient (Wildman–Crippen LogP) is 3.32. The van der Waals surface area contributed by atoms with Gasteiger partial charge < -0.3 is 15.8 Å². The summed E-state index contributed by atoms with van der Waals surface area (Å²) in [6, 6.07) is 7.70. The third-order valence-corrected chi connectivity index (χ3v) is 3.92. The van der Waals surface area contributed by atoms with Crippen molar-refractivity contribution in [2.45, 2.75) is 52.5 Å². The molecule has 1 aromatic rings. The van der Waals surface area contributed by atoms with Crippen molar-refractivity contribution >= 4 is 18.3 Å². The second-order valence-corrected chi connectivity index (χ2v) is 6.37. The van der Waals surface area contributed by atoms with Crippen LogP contribution in [0.25, 0.3) is 0 Å². The van der Waals surface area contributed by atoms with E-state index in [0.717, 1.165) is 24.2 Å². The minimum Gasteiger partial charge on any atom is -0.493 e. The molecule has 0 aliphatic carbocycles. The molecule has 0 saturated heterocycles. The Balaban J connectivity index is 0.00000484. The van der Waals surface area contributed by atoms with E-state index >= 15 is 0 Å². The molecular formula is C18H31ClN2O2. The molecule has 0 unspecified atom stereocenters. The Bertz CT molecular complexity index is 457. The zero-order valence-electron chi connectivity index (χ0n) is 14.7. The maximum Gasteiger partial charge on any atom is 0.224 e. The number of hydrogen-bond acceptors (Lipinski definition) is 3. The van der Waals surface area contributed by atoms with Gasteiger partial charge in [0.05, 0.1) is 13.0 Å². The molecule has 3 N–H and O–H groups in total. The molecule has 0 aliphatic rings. The Morgan fingerprint density at radius 2 is 1.78 bits per heavy atom. The number of carbonyl (C=O) groups is 1. The predicted molar refractivity (Wildman–Crippen MR) is 98.2 cm³/mol. The molecule has 132 valence electrons. The molecule has 0 fully saturated rings. The van der Waals surface area contributed by atoms with Crippen LogP contribution in [0.3, 0.4) is 0 Å². The van der Waals surface area contributed by atoms with Crippen molar-refractivity contribution in [1.82, 2.24) is 5.32 Å². The van der Waals surface area contributed by atoms with E-state index in [0.29, 0.717) is 25.5 Å². The van der Waals surface area contributed by atoms with Crippen molar-refractivity contribution < 1.29 is 9.53 Å². The van der Waals surface area contributed by atoms with E-state index in [4.69, 9.17) is 10.5 Å². The first-order chi connectivity index (χ1) is 10.4. The Morgan fingerprint density at radius 1 is 1.22 bits per heavy atom. The van der Waals surface area contributed by atoms with Gasteiger partial charge in [-0.15, -0.1) is 12.4 Å². The highest BCUT2D eigenvalue weighted by Gasteiger charge is 2.20. The summed E-state index contributed by atoms with van der Waals surface area (Å²) in [6.07, 6.45) is 2.07. The number of halogens is 1. The molecule has 23 heavy (non-hydrogen) atoms. The van der Waals surface area contributed by atoms with Crippen LogP contribution in [0.5, 0.6) is 5.75 Å². The van der Waals surface area contributed by atoms with E-state index in [9.17, 15) is 4.79 Å². The van der Waals surface area contributed by atoms with Crippen molar-refractivity contribution in [3.63, 3.8) is 0 Å². The molecule has 0 heterocycles. The number of rotatable bonds is 9. The first-order valence-electron chi connectivity index (χ1n) is 8.16. The van der Waals surface area contributed by atoms with Gasteiger partial charge in [0.15, 0.2) is 0 Å². The number of nitrogens with one attached hydrogen (secondary N) is 1. The summed E-state index contributed by atoms with van der Waals surface area (Å²) in [6.45, 7) is 9.55. The van der Waals surface area contributed by atoms with E-state index in [2.05, 4.69) is 19.2 Å². The largest absolute Gasteiger partial charge is 0.493 e. The highest BCUT2D eigenvalue weighted by atomic mass is 35.5. The molecule has 5 heteroatoms. The van der Waals surface area contributed by atoms with Gasteiger partial charge in [0, 0.05) is 12.1 Å². The topological polar surface area (TPSA) is 64.3 Å². The van der Waals surface area contributed by atoms with Crippen LogP contribution in [0.1, 0.15) is 46.1 Å². The van der Waals surface area contributed by atoms with Crippen molar-refractivity contribution in [3.8, 4) is 5.75 Å². The van der Waals surface area contributed by atoms with E-state index in [1.807, 2.05) is 38.1 Å². The van der Waals surface area contributed by atoms with Crippen LogP contribution in [0, 0.1) is 5.92 Å². The Hall–Kier alpha value is -1.26. The van der Waals surface area contributed by atoms with E-state index in [-0.39, 0.29) is 23.9 Å². The highest BCUT2D eigenvalue weighted by Crippen LogP contribution is 2.14. The van der Waals surface area contributed by atoms with Gasteiger partial charge in [-0.05, 0) is 36.5 Å². The minimum atomic E-state index is -0.301. The van der Waals surface area contributed by atoms with Crippen LogP contribution in [0.2, 0.25) is 0 Å². The monoisotopic (exact) mass is 342 g/mol. The molecule has 0 saturated carbocycles. The van der Waals surface area contributed by atoms with Gasteiger partial charge in [-0.3, -0.25) is 4.79 Å². The summed E-state index contributed by atoms with van der Waals surface area (Å²) in [7, 11) is 0. The number of hydrogen-bond donors (Lipinski definition) is 2. The lowest BCUT2D eigenvalue weighted by Gasteiger charge is -2.26. The maximum atomic E-state index is 12.0. The molecule has 1 amide bonds. The molecule has 0 radical (unpaired) electrons. The van der Waals surface area contributed by atoms with Crippen molar-refractivity contribution in [2.75, 3.05) is 13.2 Å². The number of carbonyl (C=O) groups excluding carboxylic acids is 1. The van der Waals surface area contributed by atoms with Gasteiger partial charge >= 0.3 is 0 Å². The van der Waals surface area contributed by atoms with Crippen LogP contribution in [-0.4, -0.2) is 24.6 Å². The van der Waals surface area contributed by atoms with Gasteiger partial charge in [0.1, 0.15) is 5.75 Å². The summed E-state index contributed by atoms with van der Waals surface area (Å²) in [4.78, 5) is 12.0. The van der Waals surface area contributed by atoms with Crippen LogP contribution in [-0.2, 0) is 11.2 Å². The quantitative estimate of drug-likeness (QED) is 0.723. The second-order valence-electron chi connectivity index (χ2n) is 6.37. The molecule has 0 aromatic heterocycles. The third kappa shape index (κ3) is 8.24. The second kappa shape index (κ2) is 10.5. The summed E-state index contributed by atoms with van der Waals surface area (Å²) >= 11 is 0. The molecule has 0 spiro atoms. The van der Waals surface area contributed by atoms with Crippen molar-refractivity contribution in [3.05, 3.63) is 29.8 Å². The van der Waals surface area contributed by atoms with E-state index in [1.165, 1.54) is 0 Å². The Kier molecular flexibility index (Phi) is 9.93. The van der Waals surface area contributed by atoms with E-state index in [1.54, 1.807) is 0 Å². The lowest BCUT2D eigenvalue weighted by Crippen LogP contribution is -2.49. The van der Waals surface area contributed by atoms with Crippen LogP contribution < -0.4 is 15.8 Å². The lowest BCUT2D eigenvalue weighted by atomic mass is 9.94. The summed E-state index contributed by atoms with van der Waals surface area (Å²) in [5, 5.41) is 2.93. The Labute approximate surface area is 146 Å². The molecule has 1 aromatic carbocycles. The SMILES string of the molecule is CCC(N)(CC)CNC(=O)Cc1ccc(OCC(C)C)cc1.Cl. The molecule has 0 atom stereocenters. The lowest BCUT2D eigenvalue weighted by molar-refractivity contribution is -0.120. The highest BCUT2D eigenvalue weighted by molar-refractivity contribution is 5.85. The van der Waals surface area contributed by atoms with Gasteiger partial charge in [-0.2, -0.15) is 0 Å². The fraction of sp³-hybridized carbons (Fsp3) is 0.611. The van der Waals surface area contributed by atoms with Gasteiger partial charge in [-0.25, -0.2) is 0 Å². The normalized spacial score (nSPS) is 11.0. The minimum absolute atomic E-state index is 0. The zero-order chi connectivity index (χ0) is 16.6. The average Bonchev–Trinajstić information content (AvgIpc) is 2.52. The van der Waals surface area contributed by atoms with Crippen LogP contribution >= 0.6 is 12.4 Å². The molecule has 1 rings (SSSR count). The zero-order valence-corrected chi connectivity index (χ0v) is 15.5. The van der Waals surface area contributed by atoms with Gasteiger partial charge in [0.2, 0.25) is 5.91 Å². The van der Waals surface area contributed by atoms with E-state index < -0.39 is 0 Å². The summed E-state index contributed by atoms with van der Waals surface area (Å²) in [5.41, 5.74) is 6.86.